The lowest BCUT2D eigenvalue weighted by molar-refractivity contribution is -0.130. The van der Waals surface area contributed by atoms with Crippen LogP contribution in [0.5, 0.6) is 0 Å². The Labute approximate surface area is 159 Å². The van der Waals surface area contributed by atoms with E-state index in [2.05, 4.69) is 10.2 Å². The highest BCUT2D eigenvalue weighted by Crippen LogP contribution is 2.23. The summed E-state index contributed by atoms with van der Waals surface area (Å²) < 4.78 is 0. The van der Waals surface area contributed by atoms with Crippen molar-refractivity contribution in [2.24, 2.45) is 0 Å². The van der Waals surface area contributed by atoms with Gasteiger partial charge < -0.3 is 10.2 Å². The van der Waals surface area contributed by atoms with Crippen LogP contribution in [0.1, 0.15) is 18.4 Å². The van der Waals surface area contributed by atoms with E-state index in [9.17, 15) is 4.79 Å². The highest BCUT2D eigenvalue weighted by Gasteiger charge is 2.30. The molecule has 0 spiro atoms. The normalized spacial score (nSPS) is 21.6. The van der Waals surface area contributed by atoms with Crippen molar-refractivity contribution >= 4 is 41.5 Å². The standard InChI is InChI=1S/C17H23Cl2N3O.ClH/c18-15-3-1-13(11-16(15)19)2-4-17(23)22-8-5-14(12-22)21-9-6-20-7-10-21;/h1,3,11,14,20H,2,4-10,12H2;1H. The summed E-state index contributed by atoms with van der Waals surface area (Å²) in [5, 5.41) is 4.48. The number of aryl methyl sites for hydroxylation is 1. The number of likely N-dealkylation sites (tertiary alicyclic amines) is 1. The first kappa shape index (κ1) is 19.8. The van der Waals surface area contributed by atoms with Gasteiger partial charge in [0.25, 0.3) is 0 Å². The number of nitrogens with zero attached hydrogens (tertiary/aromatic N) is 2. The summed E-state index contributed by atoms with van der Waals surface area (Å²) in [6.07, 6.45) is 2.34. The number of amides is 1. The molecule has 0 bridgehead atoms. The van der Waals surface area contributed by atoms with Crippen LogP contribution in [-0.2, 0) is 11.2 Å². The van der Waals surface area contributed by atoms with E-state index in [1.807, 2.05) is 17.0 Å². The molecule has 1 N–H and O–H groups in total. The molecule has 1 aromatic carbocycles. The third kappa shape index (κ3) is 4.99. The average molecular weight is 393 g/mol. The summed E-state index contributed by atoms with van der Waals surface area (Å²) in [7, 11) is 0. The maximum Gasteiger partial charge on any atom is 0.222 e. The Kier molecular flexibility index (Phi) is 7.63. The summed E-state index contributed by atoms with van der Waals surface area (Å²) in [5.41, 5.74) is 1.06. The molecule has 7 heteroatoms. The average Bonchev–Trinajstić information content (AvgIpc) is 3.06. The van der Waals surface area contributed by atoms with Gasteiger partial charge in [0.1, 0.15) is 0 Å². The van der Waals surface area contributed by atoms with E-state index in [4.69, 9.17) is 23.2 Å². The van der Waals surface area contributed by atoms with E-state index < -0.39 is 0 Å². The summed E-state index contributed by atoms with van der Waals surface area (Å²) in [6.45, 7) is 6.06. The molecule has 1 amide bonds. The van der Waals surface area contributed by atoms with Crippen molar-refractivity contribution in [2.75, 3.05) is 39.3 Å². The molecular formula is C17H24Cl3N3O. The van der Waals surface area contributed by atoms with Crippen LogP contribution in [0.4, 0.5) is 0 Å². The lowest BCUT2D eigenvalue weighted by Gasteiger charge is -2.32. The third-order valence-electron chi connectivity index (χ3n) is 4.80. The zero-order valence-corrected chi connectivity index (χ0v) is 16.0. The van der Waals surface area contributed by atoms with Crippen molar-refractivity contribution in [3.63, 3.8) is 0 Å². The van der Waals surface area contributed by atoms with E-state index in [0.29, 0.717) is 28.9 Å². The molecule has 0 aliphatic carbocycles. The van der Waals surface area contributed by atoms with Gasteiger partial charge in [-0.05, 0) is 30.5 Å². The molecule has 2 fully saturated rings. The molecular weight excluding hydrogens is 369 g/mol. The summed E-state index contributed by atoms with van der Waals surface area (Å²) in [6, 6.07) is 6.12. The Morgan fingerprint density at radius 1 is 1.17 bits per heavy atom. The topological polar surface area (TPSA) is 35.6 Å². The minimum absolute atomic E-state index is 0. The van der Waals surface area contributed by atoms with Crippen molar-refractivity contribution in [2.45, 2.75) is 25.3 Å². The lowest BCUT2D eigenvalue weighted by Crippen LogP contribution is -2.49. The minimum atomic E-state index is 0. The van der Waals surface area contributed by atoms with Crippen LogP contribution in [0.15, 0.2) is 18.2 Å². The van der Waals surface area contributed by atoms with Gasteiger partial charge in [-0.15, -0.1) is 12.4 Å². The second-order valence-corrected chi connectivity index (χ2v) is 7.13. The van der Waals surface area contributed by atoms with Crippen molar-refractivity contribution in [3.05, 3.63) is 33.8 Å². The number of benzene rings is 1. The van der Waals surface area contributed by atoms with Crippen LogP contribution in [0.3, 0.4) is 0 Å². The van der Waals surface area contributed by atoms with Gasteiger partial charge in [0, 0.05) is 51.7 Å². The minimum Gasteiger partial charge on any atom is -0.341 e. The second kappa shape index (κ2) is 9.25. The predicted molar refractivity (Wildman–Crippen MR) is 101 cm³/mol. The number of hydrogen-bond acceptors (Lipinski definition) is 3. The number of nitrogens with one attached hydrogen (secondary N) is 1. The predicted octanol–water partition coefficient (Wildman–Crippen LogP) is 2.85. The molecule has 3 rings (SSSR count). The number of carbonyl (C=O) groups excluding carboxylic acids is 1. The van der Waals surface area contributed by atoms with Crippen LogP contribution < -0.4 is 5.32 Å². The molecule has 1 atom stereocenters. The van der Waals surface area contributed by atoms with Crippen molar-refractivity contribution in [1.29, 1.82) is 0 Å². The van der Waals surface area contributed by atoms with Gasteiger partial charge in [0.05, 0.1) is 10.0 Å². The maximum absolute atomic E-state index is 12.4. The summed E-state index contributed by atoms with van der Waals surface area (Å²) >= 11 is 11.9. The Morgan fingerprint density at radius 2 is 1.92 bits per heavy atom. The van der Waals surface area contributed by atoms with Crippen LogP contribution in [-0.4, -0.2) is 61.0 Å². The van der Waals surface area contributed by atoms with Gasteiger partial charge in [-0.25, -0.2) is 0 Å². The Morgan fingerprint density at radius 3 is 2.62 bits per heavy atom. The molecule has 2 heterocycles. The van der Waals surface area contributed by atoms with Gasteiger partial charge in [-0.3, -0.25) is 9.69 Å². The zero-order valence-electron chi connectivity index (χ0n) is 13.6. The van der Waals surface area contributed by atoms with Crippen LogP contribution in [0, 0.1) is 0 Å². The van der Waals surface area contributed by atoms with Crippen LogP contribution in [0.25, 0.3) is 0 Å². The molecule has 0 saturated carbocycles. The largest absolute Gasteiger partial charge is 0.341 e. The van der Waals surface area contributed by atoms with Gasteiger partial charge >= 0.3 is 0 Å². The maximum atomic E-state index is 12.4. The number of halogens is 3. The molecule has 1 unspecified atom stereocenters. The molecule has 2 aliphatic rings. The fraction of sp³-hybridized carbons (Fsp3) is 0.588. The van der Waals surface area contributed by atoms with Crippen LogP contribution in [0.2, 0.25) is 10.0 Å². The quantitative estimate of drug-likeness (QED) is 0.856. The lowest BCUT2D eigenvalue weighted by atomic mass is 10.1. The van der Waals surface area contributed by atoms with E-state index >= 15 is 0 Å². The molecule has 134 valence electrons. The van der Waals surface area contributed by atoms with E-state index in [0.717, 1.165) is 51.3 Å². The van der Waals surface area contributed by atoms with Gasteiger partial charge in [0.15, 0.2) is 0 Å². The van der Waals surface area contributed by atoms with Crippen molar-refractivity contribution in [1.82, 2.24) is 15.1 Å². The van der Waals surface area contributed by atoms with Crippen molar-refractivity contribution in [3.8, 4) is 0 Å². The first-order chi connectivity index (χ1) is 11.1. The van der Waals surface area contributed by atoms with E-state index in [1.54, 1.807) is 6.07 Å². The van der Waals surface area contributed by atoms with Crippen LogP contribution >= 0.6 is 35.6 Å². The van der Waals surface area contributed by atoms with Gasteiger partial charge in [0.2, 0.25) is 5.91 Å². The monoisotopic (exact) mass is 391 g/mol. The first-order valence-corrected chi connectivity index (χ1v) is 9.05. The number of piperazine rings is 1. The molecule has 1 aromatic rings. The van der Waals surface area contributed by atoms with Crippen molar-refractivity contribution < 1.29 is 4.79 Å². The SMILES string of the molecule is Cl.O=C(CCc1ccc(Cl)c(Cl)c1)N1CCC(N2CCNCC2)C1. The Hall–Kier alpha value is -0.520. The smallest absolute Gasteiger partial charge is 0.222 e. The summed E-state index contributed by atoms with van der Waals surface area (Å²) in [4.78, 5) is 17.0. The second-order valence-electron chi connectivity index (χ2n) is 6.32. The Bertz CT molecular complexity index is 564. The fourth-order valence-corrected chi connectivity index (χ4v) is 3.74. The highest BCUT2D eigenvalue weighted by molar-refractivity contribution is 6.42. The summed E-state index contributed by atoms with van der Waals surface area (Å²) in [5.74, 6) is 0.244. The molecule has 0 aromatic heterocycles. The highest BCUT2D eigenvalue weighted by atomic mass is 35.5. The third-order valence-corrected chi connectivity index (χ3v) is 5.53. The zero-order chi connectivity index (χ0) is 16.2. The molecule has 2 saturated heterocycles. The molecule has 24 heavy (non-hydrogen) atoms. The van der Waals surface area contributed by atoms with Gasteiger partial charge in [-0.2, -0.15) is 0 Å². The first-order valence-electron chi connectivity index (χ1n) is 8.30. The molecule has 0 radical (unpaired) electrons. The van der Waals surface area contributed by atoms with E-state index in [1.165, 1.54) is 0 Å². The number of carbonyl (C=O) groups is 1. The Balaban J connectivity index is 0.00000208. The molecule has 4 nitrogen and oxygen atoms in total. The fourth-order valence-electron chi connectivity index (χ4n) is 3.42. The van der Waals surface area contributed by atoms with Gasteiger partial charge in [-0.1, -0.05) is 29.3 Å². The molecule has 2 aliphatic heterocycles. The number of rotatable bonds is 4. The van der Waals surface area contributed by atoms with E-state index in [-0.39, 0.29) is 18.3 Å². The number of hydrogen-bond donors (Lipinski definition) is 1.